The highest BCUT2D eigenvalue weighted by Crippen LogP contribution is 2.28. The van der Waals surface area contributed by atoms with Crippen LogP contribution in [0.25, 0.3) is 0 Å². The highest BCUT2D eigenvalue weighted by molar-refractivity contribution is 5.85. The van der Waals surface area contributed by atoms with E-state index in [1.165, 1.54) is 14.0 Å². The summed E-state index contributed by atoms with van der Waals surface area (Å²) in [7, 11) is 1.31. The van der Waals surface area contributed by atoms with Gasteiger partial charge in [-0.1, -0.05) is 6.92 Å². The molecule has 0 amide bonds. The first-order valence-corrected chi connectivity index (χ1v) is 6.26. The molecule has 4 atom stereocenters. The van der Waals surface area contributed by atoms with Crippen molar-refractivity contribution in [1.29, 1.82) is 0 Å². The molecule has 0 radical (unpaired) electrons. The summed E-state index contributed by atoms with van der Waals surface area (Å²) in [5, 5.41) is 0. The van der Waals surface area contributed by atoms with Crippen LogP contribution in [0.3, 0.4) is 0 Å². The zero-order valence-electron chi connectivity index (χ0n) is 11.7. The Balaban J connectivity index is 2.69. The minimum absolute atomic E-state index is 0.0739. The van der Waals surface area contributed by atoms with Crippen molar-refractivity contribution in [3.63, 3.8) is 0 Å². The number of ketones is 1. The van der Waals surface area contributed by atoms with Crippen LogP contribution in [0.15, 0.2) is 0 Å². The third kappa shape index (κ3) is 4.02. The van der Waals surface area contributed by atoms with Gasteiger partial charge in [-0.2, -0.15) is 0 Å². The average Bonchev–Trinajstić information content (AvgIpc) is 2.35. The monoisotopic (exact) mass is 272 g/mol. The number of carbonyl (C=O) groups excluding carboxylic acids is 3. The van der Waals surface area contributed by atoms with Gasteiger partial charge < -0.3 is 14.2 Å². The molecule has 0 unspecified atom stereocenters. The number of methoxy groups -OCH3 is 1. The fourth-order valence-electron chi connectivity index (χ4n) is 2.22. The van der Waals surface area contributed by atoms with E-state index in [-0.39, 0.29) is 24.3 Å². The Morgan fingerprint density at radius 1 is 1.47 bits per heavy atom. The third-order valence-electron chi connectivity index (χ3n) is 3.27. The van der Waals surface area contributed by atoms with Gasteiger partial charge in [-0.15, -0.1) is 0 Å². The second-order valence-electron chi connectivity index (χ2n) is 4.85. The van der Waals surface area contributed by atoms with Crippen LogP contribution in [-0.4, -0.2) is 43.6 Å². The Labute approximate surface area is 112 Å². The van der Waals surface area contributed by atoms with Gasteiger partial charge in [0.05, 0.1) is 19.1 Å². The molecule has 1 fully saturated rings. The molecule has 0 aromatic rings. The molecule has 1 aliphatic rings. The quantitative estimate of drug-likeness (QED) is 0.702. The molecule has 0 aliphatic carbocycles. The standard InChI is InChI=1S/C13H20O6/c1-7-5-10(15)11(6-18-9(3)14)19-12(7)8(2)13(16)17-4/h7-8,11-12H,5-6H2,1-4H3/t7-,8+,11+,12-/m0/s1. The fourth-order valence-corrected chi connectivity index (χ4v) is 2.22. The summed E-state index contributed by atoms with van der Waals surface area (Å²) in [5.41, 5.74) is 0. The molecule has 1 saturated heterocycles. The molecule has 0 saturated carbocycles. The molecule has 1 aliphatic heterocycles. The van der Waals surface area contributed by atoms with Crippen molar-refractivity contribution in [3.8, 4) is 0 Å². The van der Waals surface area contributed by atoms with Gasteiger partial charge in [0, 0.05) is 13.3 Å². The predicted molar refractivity (Wildman–Crippen MR) is 65.3 cm³/mol. The first kappa shape index (κ1) is 15.6. The van der Waals surface area contributed by atoms with E-state index >= 15 is 0 Å². The number of hydrogen-bond acceptors (Lipinski definition) is 6. The molecule has 6 heteroatoms. The van der Waals surface area contributed by atoms with Crippen LogP contribution in [-0.2, 0) is 28.6 Å². The Hall–Kier alpha value is -1.43. The Kier molecular flexibility index (Phi) is 5.47. The number of rotatable bonds is 4. The van der Waals surface area contributed by atoms with Crippen molar-refractivity contribution >= 4 is 17.7 Å². The molecule has 0 spiro atoms. The van der Waals surface area contributed by atoms with E-state index in [0.717, 1.165) is 0 Å². The summed E-state index contributed by atoms with van der Waals surface area (Å²) in [6.45, 7) is 4.71. The largest absolute Gasteiger partial charge is 0.469 e. The minimum Gasteiger partial charge on any atom is -0.469 e. The summed E-state index contributed by atoms with van der Waals surface area (Å²) in [6.07, 6.45) is -0.902. The number of ether oxygens (including phenoxy) is 3. The number of Topliss-reactive ketones (excluding diaryl/α,β-unsaturated/α-hetero) is 1. The maximum atomic E-state index is 11.8. The van der Waals surface area contributed by atoms with Crippen LogP contribution in [0.2, 0.25) is 0 Å². The second kappa shape index (κ2) is 6.65. The highest BCUT2D eigenvalue weighted by atomic mass is 16.6. The first-order chi connectivity index (χ1) is 8.86. The lowest BCUT2D eigenvalue weighted by atomic mass is 9.85. The van der Waals surface area contributed by atoms with Gasteiger partial charge in [0.15, 0.2) is 11.9 Å². The number of hydrogen-bond donors (Lipinski definition) is 0. The van der Waals surface area contributed by atoms with Gasteiger partial charge >= 0.3 is 11.9 Å². The molecular formula is C13H20O6. The van der Waals surface area contributed by atoms with E-state index < -0.39 is 24.1 Å². The summed E-state index contributed by atoms with van der Waals surface area (Å²) < 4.78 is 15.1. The molecule has 1 rings (SSSR count). The number of carbonyl (C=O) groups is 3. The summed E-state index contributed by atoms with van der Waals surface area (Å²) in [4.78, 5) is 34.1. The van der Waals surface area contributed by atoms with Gasteiger partial charge in [0.2, 0.25) is 0 Å². The van der Waals surface area contributed by atoms with Crippen LogP contribution >= 0.6 is 0 Å². The van der Waals surface area contributed by atoms with E-state index in [9.17, 15) is 14.4 Å². The zero-order chi connectivity index (χ0) is 14.6. The summed E-state index contributed by atoms with van der Waals surface area (Å²) in [6, 6.07) is 0. The maximum Gasteiger partial charge on any atom is 0.311 e. The van der Waals surface area contributed by atoms with Crippen LogP contribution in [0.5, 0.6) is 0 Å². The SMILES string of the molecule is COC(=O)[C@H](C)[C@H]1O[C@H](COC(C)=O)C(=O)C[C@@H]1C. The first-order valence-electron chi connectivity index (χ1n) is 6.26. The van der Waals surface area contributed by atoms with Crippen molar-refractivity contribution in [2.75, 3.05) is 13.7 Å². The molecule has 0 bridgehead atoms. The molecule has 6 nitrogen and oxygen atoms in total. The zero-order valence-corrected chi connectivity index (χ0v) is 11.7. The fraction of sp³-hybridized carbons (Fsp3) is 0.769. The van der Waals surface area contributed by atoms with Gasteiger partial charge in [-0.3, -0.25) is 14.4 Å². The Morgan fingerprint density at radius 3 is 2.63 bits per heavy atom. The summed E-state index contributed by atoms with van der Waals surface area (Å²) >= 11 is 0. The van der Waals surface area contributed by atoms with Crippen LogP contribution < -0.4 is 0 Å². The van der Waals surface area contributed by atoms with Crippen LogP contribution in [0.1, 0.15) is 27.2 Å². The van der Waals surface area contributed by atoms with Gasteiger partial charge in [-0.25, -0.2) is 0 Å². The summed E-state index contributed by atoms with van der Waals surface area (Å²) in [5.74, 6) is -1.49. The topological polar surface area (TPSA) is 78.9 Å². The van der Waals surface area contributed by atoms with Gasteiger partial charge in [0.1, 0.15) is 6.61 Å². The number of esters is 2. The maximum absolute atomic E-state index is 11.8. The molecule has 0 aromatic heterocycles. The Morgan fingerprint density at radius 2 is 2.11 bits per heavy atom. The molecule has 1 heterocycles. The lowest BCUT2D eigenvalue weighted by Gasteiger charge is -2.35. The van der Waals surface area contributed by atoms with E-state index in [0.29, 0.717) is 6.42 Å². The van der Waals surface area contributed by atoms with Crippen LogP contribution in [0.4, 0.5) is 0 Å². The highest BCUT2D eigenvalue weighted by Gasteiger charge is 2.40. The average molecular weight is 272 g/mol. The minimum atomic E-state index is -0.794. The van der Waals surface area contributed by atoms with Crippen molar-refractivity contribution in [3.05, 3.63) is 0 Å². The lowest BCUT2D eigenvalue weighted by Crippen LogP contribution is -2.47. The molecule has 108 valence electrons. The lowest BCUT2D eigenvalue weighted by molar-refractivity contribution is -0.175. The van der Waals surface area contributed by atoms with E-state index in [4.69, 9.17) is 9.47 Å². The Bertz CT molecular complexity index is 364. The van der Waals surface area contributed by atoms with Crippen molar-refractivity contribution < 1.29 is 28.6 Å². The predicted octanol–water partition coefficient (Wildman–Crippen LogP) is 0.721. The normalized spacial score (nSPS) is 28.6. The van der Waals surface area contributed by atoms with Gasteiger partial charge in [0.25, 0.3) is 0 Å². The molecule has 0 N–H and O–H groups in total. The van der Waals surface area contributed by atoms with E-state index in [2.05, 4.69) is 4.74 Å². The smallest absolute Gasteiger partial charge is 0.311 e. The molecule has 0 aromatic carbocycles. The third-order valence-corrected chi connectivity index (χ3v) is 3.27. The van der Waals surface area contributed by atoms with Crippen LogP contribution in [0, 0.1) is 11.8 Å². The second-order valence-corrected chi connectivity index (χ2v) is 4.85. The van der Waals surface area contributed by atoms with Gasteiger partial charge in [-0.05, 0) is 12.8 Å². The molecular weight excluding hydrogens is 252 g/mol. The molecule has 19 heavy (non-hydrogen) atoms. The van der Waals surface area contributed by atoms with E-state index in [1.54, 1.807) is 6.92 Å². The van der Waals surface area contributed by atoms with Crippen molar-refractivity contribution in [2.24, 2.45) is 11.8 Å². The van der Waals surface area contributed by atoms with E-state index in [1.807, 2.05) is 6.92 Å². The van der Waals surface area contributed by atoms with Crippen molar-refractivity contribution in [2.45, 2.75) is 39.4 Å². The van der Waals surface area contributed by atoms with Crippen molar-refractivity contribution in [1.82, 2.24) is 0 Å².